The number of rotatable bonds is 1. The third-order valence-corrected chi connectivity index (χ3v) is 4.29. The van der Waals surface area contributed by atoms with E-state index in [9.17, 15) is 4.79 Å². The molecule has 0 saturated carbocycles. The minimum Gasteiger partial charge on any atom is -0.495 e. The van der Waals surface area contributed by atoms with E-state index < -0.39 is 0 Å². The fourth-order valence-corrected chi connectivity index (χ4v) is 2.86. The van der Waals surface area contributed by atoms with Crippen LogP contribution in [0.15, 0.2) is 36.4 Å². The lowest BCUT2D eigenvalue weighted by atomic mass is 9.83. The molecule has 0 aliphatic heterocycles. The Morgan fingerprint density at radius 3 is 2.30 bits per heavy atom. The minimum atomic E-state index is -0.0279. The molecule has 2 heteroatoms. The molecule has 2 aromatic rings. The Kier molecular flexibility index (Phi) is 3.85. The van der Waals surface area contributed by atoms with Gasteiger partial charge >= 0.3 is 0 Å². The number of carbonyl (C=O) groups excluding carboxylic acids is 1. The first-order valence-corrected chi connectivity index (χ1v) is 7.91. The van der Waals surface area contributed by atoms with E-state index in [1.807, 2.05) is 36.4 Å². The van der Waals surface area contributed by atoms with E-state index in [1.165, 1.54) is 0 Å². The van der Waals surface area contributed by atoms with Crippen LogP contribution < -0.4 is 4.74 Å². The molecule has 0 aromatic heterocycles. The number of fused-ring (bicyclic) bond motifs is 3. The smallest absolute Gasteiger partial charge is 0.170 e. The highest BCUT2D eigenvalue weighted by molar-refractivity contribution is 6.01. The van der Waals surface area contributed by atoms with Gasteiger partial charge in [-0.05, 0) is 34.2 Å². The number of Topliss-reactive ketones (excluding diaryl/α,β-unsaturated/α-hetero) is 1. The van der Waals surface area contributed by atoms with Crippen molar-refractivity contribution in [2.24, 2.45) is 0 Å². The van der Waals surface area contributed by atoms with E-state index >= 15 is 0 Å². The van der Waals surface area contributed by atoms with Crippen LogP contribution in [0.5, 0.6) is 5.75 Å². The molecule has 0 saturated heterocycles. The first-order chi connectivity index (χ1) is 10.9. The molecule has 0 heterocycles. The lowest BCUT2D eigenvalue weighted by molar-refractivity contribution is 0.0990. The number of methoxy groups -OCH3 is 1. The summed E-state index contributed by atoms with van der Waals surface area (Å²) in [5.41, 5.74) is 4.88. The number of hydrogen-bond acceptors (Lipinski definition) is 2. The van der Waals surface area contributed by atoms with Gasteiger partial charge in [0.25, 0.3) is 0 Å². The summed E-state index contributed by atoms with van der Waals surface area (Å²) in [5.74, 6) is 0.763. The number of ether oxygens (including phenoxy) is 1. The van der Waals surface area contributed by atoms with Gasteiger partial charge < -0.3 is 4.74 Å². The number of carbonyl (C=O) groups is 1. The average molecular weight is 306 g/mol. The van der Waals surface area contributed by atoms with Gasteiger partial charge in [-0.1, -0.05) is 57.2 Å². The van der Waals surface area contributed by atoms with Crippen molar-refractivity contribution in [1.82, 2.24) is 0 Å². The predicted molar refractivity (Wildman–Crippen MR) is 95.1 cm³/mol. The van der Waals surface area contributed by atoms with Crippen molar-refractivity contribution in [3.63, 3.8) is 0 Å². The highest BCUT2D eigenvalue weighted by atomic mass is 16.5. The quantitative estimate of drug-likeness (QED) is 0.749. The number of benzene rings is 2. The summed E-state index contributed by atoms with van der Waals surface area (Å²) in [6, 6.07) is 12.2. The molecule has 0 unspecified atom stereocenters. The third kappa shape index (κ3) is 3.07. The van der Waals surface area contributed by atoms with Crippen molar-refractivity contribution in [2.45, 2.75) is 32.6 Å². The molecule has 118 valence electrons. The summed E-state index contributed by atoms with van der Waals surface area (Å²) < 4.78 is 5.59. The van der Waals surface area contributed by atoms with Crippen LogP contribution >= 0.6 is 0 Å². The molecule has 2 aromatic carbocycles. The van der Waals surface area contributed by atoms with Crippen LogP contribution in [0.4, 0.5) is 0 Å². The average Bonchev–Trinajstić information content (AvgIpc) is 2.53. The van der Waals surface area contributed by atoms with Gasteiger partial charge in [-0.2, -0.15) is 0 Å². The maximum Gasteiger partial charge on any atom is 0.170 e. The first-order valence-electron chi connectivity index (χ1n) is 7.91. The molecule has 4 rings (SSSR count). The highest BCUT2D eigenvalue weighted by Crippen LogP contribution is 2.34. The zero-order chi connectivity index (χ0) is 16.6. The molecule has 0 N–H and O–H groups in total. The van der Waals surface area contributed by atoms with Gasteiger partial charge in [0, 0.05) is 12.0 Å². The fourth-order valence-electron chi connectivity index (χ4n) is 2.86. The lowest BCUT2D eigenvalue weighted by Gasteiger charge is -2.22. The van der Waals surface area contributed by atoms with Crippen molar-refractivity contribution in [1.29, 1.82) is 0 Å². The summed E-state index contributed by atoms with van der Waals surface area (Å²) >= 11 is 0. The second kappa shape index (κ2) is 5.69. The normalized spacial score (nSPS) is 15.2. The Morgan fingerprint density at radius 1 is 1.00 bits per heavy atom. The van der Waals surface area contributed by atoms with Crippen LogP contribution in [0.2, 0.25) is 0 Å². The number of ketones is 1. The molecule has 2 aliphatic carbocycles. The molecule has 23 heavy (non-hydrogen) atoms. The summed E-state index contributed by atoms with van der Waals surface area (Å²) in [6.45, 7) is 6.47. The van der Waals surface area contributed by atoms with Crippen LogP contribution in [-0.2, 0) is 11.8 Å². The lowest BCUT2D eigenvalue weighted by Crippen LogP contribution is -2.15. The second-order valence-electron chi connectivity index (χ2n) is 7.07. The van der Waals surface area contributed by atoms with Crippen molar-refractivity contribution < 1.29 is 9.53 Å². The summed E-state index contributed by atoms with van der Waals surface area (Å²) in [4.78, 5) is 12.9. The van der Waals surface area contributed by atoms with Crippen LogP contribution in [0, 0.1) is 0 Å². The zero-order valence-corrected chi connectivity index (χ0v) is 14.1. The SMILES string of the molecule is COc1c2cc(C(C)(C)C)cc1C(=O)Cc1ccc(cc1)/C=C\2. The van der Waals surface area contributed by atoms with E-state index in [-0.39, 0.29) is 11.2 Å². The maximum atomic E-state index is 12.9. The standard InChI is InChI=1S/C21H22O2/c1-21(2,3)17-12-16-10-9-14-5-7-15(8-6-14)11-19(22)18(13-17)20(16)23-4/h5-10,12-13H,11H2,1-4H3/b10-9-. The van der Waals surface area contributed by atoms with Gasteiger partial charge in [-0.3, -0.25) is 4.79 Å². The van der Waals surface area contributed by atoms with Crippen LogP contribution in [0.1, 0.15) is 53.4 Å². The van der Waals surface area contributed by atoms with Crippen molar-refractivity contribution >= 4 is 17.9 Å². The van der Waals surface area contributed by atoms with E-state index in [0.29, 0.717) is 17.7 Å². The maximum absolute atomic E-state index is 12.9. The summed E-state index contributed by atoms with van der Waals surface area (Å²) in [5, 5.41) is 0. The second-order valence-corrected chi connectivity index (χ2v) is 7.07. The molecule has 4 bridgehead atoms. The Balaban J connectivity index is 2.28. The van der Waals surface area contributed by atoms with Gasteiger partial charge in [0.05, 0.1) is 12.7 Å². The molecule has 0 radical (unpaired) electrons. The van der Waals surface area contributed by atoms with Crippen molar-refractivity contribution in [3.05, 3.63) is 64.2 Å². The molecular formula is C21H22O2. The van der Waals surface area contributed by atoms with Crippen LogP contribution in [-0.4, -0.2) is 12.9 Å². The Hall–Kier alpha value is -2.35. The predicted octanol–water partition coefficient (Wildman–Crippen LogP) is 4.90. The third-order valence-electron chi connectivity index (χ3n) is 4.29. The summed E-state index contributed by atoms with van der Waals surface area (Å²) in [7, 11) is 1.63. The molecule has 0 amide bonds. The van der Waals surface area contributed by atoms with Gasteiger partial charge in [0.1, 0.15) is 5.75 Å². The molecule has 2 aliphatic rings. The number of hydrogen-bond donors (Lipinski definition) is 0. The van der Waals surface area contributed by atoms with E-state index in [0.717, 1.165) is 22.3 Å². The monoisotopic (exact) mass is 306 g/mol. The van der Waals surface area contributed by atoms with Gasteiger partial charge in [-0.25, -0.2) is 0 Å². The van der Waals surface area contributed by atoms with Crippen molar-refractivity contribution in [3.8, 4) is 5.75 Å². The Labute approximate surface area is 137 Å². The first kappa shape index (κ1) is 15.5. The van der Waals surface area contributed by atoms with Crippen molar-refractivity contribution in [2.75, 3.05) is 7.11 Å². The van der Waals surface area contributed by atoms with Gasteiger partial charge in [-0.15, -0.1) is 0 Å². The van der Waals surface area contributed by atoms with E-state index in [4.69, 9.17) is 4.74 Å². The molecular weight excluding hydrogens is 284 g/mol. The van der Waals surface area contributed by atoms with Crippen LogP contribution in [0.25, 0.3) is 12.2 Å². The molecule has 0 atom stereocenters. The largest absolute Gasteiger partial charge is 0.495 e. The highest BCUT2D eigenvalue weighted by Gasteiger charge is 2.22. The minimum absolute atomic E-state index is 0.0279. The fraction of sp³-hybridized carbons (Fsp3) is 0.286. The Bertz CT molecular complexity index is 775. The molecule has 0 spiro atoms. The van der Waals surface area contributed by atoms with Crippen LogP contribution in [0.3, 0.4) is 0 Å². The van der Waals surface area contributed by atoms with Gasteiger partial charge in [0.2, 0.25) is 0 Å². The summed E-state index contributed by atoms with van der Waals surface area (Å²) in [6.07, 6.45) is 4.49. The molecule has 0 fully saturated rings. The molecule has 2 nitrogen and oxygen atoms in total. The van der Waals surface area contributed by atoms with E-state index in [2.05, 4.69) is 32.9 Å². The zero-order valence-electron chi connectivity index (χ0n) is 14.1. The topological polar surface area (TPSA) is 26.3 Å². The van der Waals surface area contributed by atoms with Gasteiger partial charge in [0.15, 0.2) is 5.78 Å². The Morgan fingerprint density at radius 2 is 1.70 bits per heavy atom. The van der Waals surface area contributed by atoms with E-state index in [1.54, 1.807) is 7.11 Å².